The first-order valence-corrected chi connectivity index (χ1v) is 8.62. The Labute approximate surface area is 129 Å². The van der Waals surface area contributed by atoms with Crippen LogP contribution in [0.4, 0.5) is 0 Å². The van der Waals surface area contributed by atoms with Crippen molar-refractivity contribution in [2.45, 2.75) is 38.5 Å². The summed E-state index contributed by atoms with van der Waals surface area (Å²) in [6.45, 7) is 5.63. The fourth-order valence-electron chi connectivity index (χ4n) is 2.29. The largest absolute Gasteiger partial charge is 0.241 e. The molecule has 1 heterocycles. The van der Waals surface area contributed by atoms with Gasteiger partial charge < -0.3 is 0 Å². The van der Waals surface area contributed by atoms with E-state index in [0.29, 0.717) is 29.3 Å². The second kappa shape index (κ2) is 5.79. The number of sulfonamides is 1. The summed E-state index contributed by atoms with van der Waals surface area (Å²) >= 11 is 6.15. The standard InChI is InChI=1S/C14H18ClN3O2S/c1-4-12-14(21(16,19)20)13(5-2)18(17-12)10-7-6-9(3)11(15)8-10/h6-8H,4-5H2,1-3H3,(H2,16,19,20). The lowest BCUT2D eigenvalue weighted by molar-refractivity contribution is 0.595. The summed E-state index contributed by atoms with van der Waals surface area (Å²) in [5.41, 5.74) is 2.74. The highest BCUT2D eigenvalue weighted by molar-refractivity contribution is 7.89. The summed E-state index contributed by atoms with van der Waals surface area (Å²) < 4.78 is 25.3. The van der Waals surface area contributed by atoms with E-state index in [9.17, 15) is 8.42 Å². The molecule has 7 heteroatoms. The molecule has 1 aromatic heterocycles. The van der Waals surface area contributed by atoms with E-state index in [0.717, 1.165) is 11.3 Å². The van der Waals surface area contributed by atoms with Crippen molar-refractivity contribution in [2.24, 2.45) is 5.14 Å². The lowest BCUT2D eigenvalue weighted by Crippen LogP contribution is -2.16. The SMILES string of the molecule is CCc1nn(-c2ccc(C)c(Cl)c2)c(CC)c1S(N)(=O)=O. The first-order valence-electron chi connectivity index (χ1n) is 6.69. The Morgan fingerprint density at radius 1 is 1.29 bits per heavy atom. The highest BCUT2D eigenvalue weighted by atomic mass is 35.5. The minimum absolute atomic E-state index is 0.129. The van der Waals surface area contributed by atoms with Gasteiger partial charge in [-0.25, -0.2) is 18.2 Å². The van der Waals surface area contributed by atoms with Crippen LogP contribution in [0.15, 0.2) is 23.1 Å². The van der Waals surface area contributed by atoms with Crippen LogP contribution in [-0.2, 0) is 22.9 Å². The van der Waals surface area contributed by atoms with E-state index in [1.165, 1.54) is 0 Å². The zero-order valence-electron chi connectivity index (χ0n) is 12.2. The summed E-state index contributed by atoms with van der Waals surface area (Å²) in [7, 11) is -3.81. The van der Waals surface area contributed by atoms with Crippen molar-refractivity contribution in [1.29, 1.82) is 0 Å². The predicted octanol–water partition coefficient (Wildman–Crippen LogP) is 2.61. The highest BCUT2D eigenvalue weighted by Gasteiger charge is 2.24. The number of halogens is 1. The third-order valence-corrected chi connectivity index (χ3v) is 4.80. The fraction of sp³-hybridized carbons (Fsp3) is 0.357. The van der Waals surface area contributed by atoms with Gasteiger partial charge in [0.05, 0.1) is 17.1 Å². The maximum Gasteiger partial charge on any atom is 0.241 e. The number of aryl methyl sites for hydroxylation is 2. The van der Waals surface area contributed by atoms with Gasteiger partial charge in [0.15, 0.2) is 0 Å². The Kier molecular flexibility index (Phi) is 4.41. The number of hydrogen-bond donors (Lipinski definition) is 1. The molecule has 1 aromatic carbocycles. The van der Waals surface area contributed by atoms with Gasteiger partial charge in [-0.05, 0) is 37.5 Å². The van der Waals surface area contributed by atoms with Crippen molar-refractivity contribution in [3.8, 4) is 5.69 Å². The number of benzene rings is 1. The normalized spacial score (nSPS) is 11.9. The van der Waals surface area contributed by atoms with Crippen LogP contribution in [0, 0.1) is 6.92 Å². The van der Waals surface area contributed by atoms with E-state index in [1.807, 2.05) is 32.9 Å². The molecule has 0 amide bonds. The van der Waals surface area contributed by atoms with Gasteiger partial charge in [0.2, 0.25) is 10.0 Å². The van der Waals surface area contributed by atoms with E-state index in [1.54, 1.807) is 10.7 Å². The molecule has 0 aliphatic rings. The molecule has 2 aromatic rings. The van der Waals surface area contributed by atoms with E-state index in [-0.39, 0.29) is 4.90 Å². The molecule has 0 bridgehead atoms. The molecule has 114 valence electrons. The van der Waals surface area contributed by atoms with Crippen LogP contribution in [0.25, 0.3) is 5.69 Å². The maximum atomic E-state index is 11.9. The third kappa shape index (κ3) is 2.97. The number of nitrogens with two attached hydrogens (primary N) is 1. The smallest absolute Gasteiger partial charge is 0.236 e. The molecule has 0 saturated heterocycles. The van der Waals surface area contributed by atoms with E-state index in [4.69, 9.17) is 16.7 Å². The zero-order valence-corrected chi connectivity index (χ0v) is 13.8. The minimum Gasteiger partial charge on any atom is -0.236 e. The Bertz CT molecular complexity index is 782. The molecule has 0 aliphatic carbocycles. The molecule has 0 fully saturated rings. The van der Waals surface area contributed by atoms with Gasteiger partial charge in [-0.3, -0.25) is 0 Å². The molecule has 2 N–H and O–H groups in total. The molecular weight excluding hydrogens is 310 g/mol. The van der Waals surface area contributed by atoms with Crippen LogP contribution < -0.4 is 5.14 Å². The number of nitrogens with zero attached hydrogens (tertiary/aromatic N) is 2. The summed E-state index contributed by atoms with van der Waals surface area (Å²) in [5, 5.41) is 10.4. The van der Waals surface area contributed by atoms with Crippen LogP contribution >= 0.6 is 11.6 Å². The molecule has 0 spiro atoms. The third-order valence-electron chi connectivity index (χ3n) is 3.35. The molecule has 0 aliphatic heterocycles. The summed E-state index contributed by atoms with van der Waals surface area (Å²) in [6.07, 6.45) is 0.996. The van der Waals surface area contributed by atoms with Crippen molar-refractivity contribution in [2.75, 3.05) is 0 Å². The van der Waals surface area contributed by atoms with Crippen LogP contribution in [0.1, 0.15) is 30.8 Å². The second-order valence-electron chi connectivity index (χ2n) is 4.82. The molecule has 0 radical (unpaired) electrons. The average molecular weight is 328 g/mol. The van der Waals surface area contributed by atoms with Gasteiger partial charge in [0.25, 0.3) is 0 Å². The van der Waals surface area contributed by atoms with Crippen molar-refractivity contribution in [1.82, 2.24) is 9.78 Å². The van der Waals surface area contributed by atoms with Crippen LogP contribution in [0.3, 0.4) is 0 Å². The molecular formula is C14H18ClN3O2S. The Balaban J connectivity index is 2.75. The second-order valence-corrected chi connectivity index (χ2v) is 6.73. The summed E-state index contributed by atoms with van der Waals surface area (Å²) in [6, 6.07) is 5.51. The number of aromatic nitrogens is 2. The van der Waals surface area contributed by atoms with Crippen molar-refractivity contribution < 1.29 is 8.42 Å². The van der Waals surface area contributed by atoms with E-state index in [2.05, 4.69) is 5.10 Å². The average Bonchev–Trinajstić information content (AvgIpc) is 2.80. The first kappa shape index (κ1) is 16.0. The lowest BCUT2D eigenvalue weighted by Gasteiger charge is -2.08. The van der Waals surface area contributed by atoms with Crippen molar-refractivity contribution in [3.63, 3.8) is 0 Å². The zero-order chi connectivity index (χ0) is 15.8. The first-order chi connectivity index (χ1) is 9.79. The summed E-state index contributed by atoms with van der Waals surface area (Å²) in [4.78, 5) is 0.129. The van der Waals surface area contributed by atoms with Gasteiger partial charge >= 0.3 is 0 Å². The number of hydrogen-bond acceptors (Lipinski definition) is 3. The van der Waals surface area contributed by atoms with Gasteiger partial charge in [-0.15, -0.1) is 0 Å². The van der Waals surface area contributed by atoms with E-state index >= 15 is 0 Å². The minimum atomic E-state index is -3.81. The van der Waals surface area contributed by atoms with Gasteiger partial charge in [0.1, 0.15) is 4.90 Å². The van der Waals surface area contributed by atoms with Crippen LogP contribution in [0.5, 0.6) is 0 Å². The quantitative estimate of drug-likeness (QED) is 0.937. The van der Waals surface area contributed by atoms with Crippen LogP contribution in [0.2, 0.25) is 5.02 Å². The molecule has 0 atom stereocenters. The molecule has 21 heavy (non-hydrogen) atoms. The van der Waals surface area contributed by atoms with E-state index < -0.39 is 10.0 Å². The molecule has 5 nitrogen and oxygen atoms in total. The van der Waals surface area contributed by atoms with Gasteiger partial charge in [-0.1, -0.05) is 31.5 Å². The molecule has 0 unspecified atom stereocenters. The van der Waals surface area contributed by atoms with Crippen molar-refractivity contribution >= 4 is 21.6 Å². The molecule has 2 rings (SSSR count). The summed E-state index contributed by atoms with van der Waals surface area (Å²) in [5.74, 6) is 0. The Morgan fingerprint density at radius 3 is 2.43 bits per heavy atom. The Morgan fingerprint density at radius 2 is 1.95 bits per heavy atom. The van der Waals surface area contributed by atoms with Gasteiger partial charge in [-0.2, -0.15) is 5.10 Å². The predicted molar refractivity (Wildman–Crippen MR) is 83.4 cm³/mol. The fourth-order valence-corrected chi connectivity index (χ4v) is 3.53. The topological polar surface area (TPSA) is 78.0 Å². The maximum absolute atomic E-state index is 11.9. The highest BCUT2D eigenvalue weighted by Crippen LogP contribution is 2.26. The van der Waals surface area contributed by atoms with Crippen molar-refractivity contribution in [3.05, 3.63) is 40.2 Å². The Hall–Kier alpha value is -1.37. The number of rotatable bonds is 4. The number of primary sulfonamides is 1. The monoisotopic (exact) mass is 327 g/mol. The lowest BCUT2D eigenvalue weighted by atomic mass is 10.2. The van der Waals surface area contributed by atoms with Gasteiger partial charge in [0, 0.05) is 5.02 Å². The molecule has 0 saturated carbocycles. The van der Waals surface area contributed by atoms with Crippen LogP contribution in [-0.4, -0.2) is 18.2 Å².